The SMILES string of the molecule is Cc1ccc(NC(=S)Nc2ccccc2OC(C)C)cc1. The molecule has 0 heterocycles. The Bertz CT molecular complexity index is 608. The van der Waals surface area contributed by atoms with Crippen LogP contribution >= 0.6 is 12.2 Å². The van der Waals surface area contributed by atoms with Gasteiger partial charge in [0.15, 0.2) is 5.11 Å². The van der Waals surface area contributed by atoms with Gasteiger partial charge in [0.1, 0.15) is 5.75 Å². The lowest BCUT2D eigenvalue weighted by Crippen LogP contribution is -2.20. The molecule has 0 unspecified atom stereocenters. The molecule has 0 aliphatic carbocycles. The van der Waals surface area contributed by atoms with Gasteiger partial charge in [0.2, 0.25) is 0 Å². The molecule has 0 aliphatic rings. The summed E-state index contributed by atoms with van der Waals surface area (Å²) in [6, 6.07) is 15.8. The van der Waals surface area contributed by atoms with Crippen molar-refractivity contribution >= 4 is 28.7 Å². The molecule has 0 fully saturated rings. The molecular formula is C17H20N2OS. The highest BCUT2D eigenvalue weighted by atomic mass is 32.1. The fraction of sp³-hybridized carbons (Fsp3) is 0.235. The smallest absolute Gasteiger partial charge is 0.175 e. The van der Waals surface area contributed by atoms with Crippen LogP contribution in [0.4, 0.5) is 11.4 Å². The summed E-state index contributed by atoms with van der Waals surface area (Å²) in [5, 5.41) is 6.88. The van der Waals surface area contributed by atoms with Crippen LogP contribution in [0.2, 0.25) is 0 Å². The van der Waals surface area contributed by atoms with Gasteiger partial charge in [0.25, 0.3) is 0 Å². The number of hydrogen-bond donors (Lipinski definition) is 2. The third-order valence-electron chi connectivity index (χ3n) is 2.81. The molecule has 2 rings (SSSR count). The minimum atomic E-state index is 0.117. The molecule has 0 saturated carbocycles. The second-order valence-electron chi connectivity index (χ2n) is 5.11. The summed E-state index contributed by atoms with van der Waals surface area (Å²) in [5.41, 5.74) is 3.03. The van der Waals surface area contributed by atoms with Crippen molar-refractivity contribution in [2.24, 2.45) is 0 Å². The van der Waals surface area contributed by atoms with E-state index in [0.717, 1.165) is 17.1 Å². The van der Waals surface area contributed by atoms with Crippen LogP contribution in [-0.2, 0) is 0 Å². The Morgan fingerprint density at radius 1 is 1.00 bits per heavy atom. The fourth-order valence-electron chi connectivity index (χ4n) is 1.85. The van der Waals surface area contributed by atoms with Crippen LogP contribution in [0.5, 0.6) is 5.75 Å². The fourth-order valence-corrected chi connectivity index (χ4v) is 2.08. The number of aryl methyl sites for hydroxylation is 1. The topological polar surface area (TPSA) is 33.3 Å². The quantitative estimate of drug-likeness (QED) is 0.809. The van der Waals surface area contributed by atoms with E-state index in [1.807, 2.05) is 62.4 Å². The minimum absolute atomic E-state index is 0.117. The first kappa shape index (κ1) is 15.3. The molecule has 0 aromatic heterocycles. The van der Waals surface area contributed by atoms with Crippen molar-refractivity contribution < 1.29 is 4.74 Å². The molecule has 2 N–H and O–H groups in total. The van der Waals surface area contributed by atoms with Crippen LogP contribution in [0, 0.1) is 6.92 Å². The summed E-state index contributed by atoms with van der Waals surface area (Å²) < 4.78 is 5.76. The highest BCUT2D eigenvalue weighted by Crippen LogP contribution is 2.25. The molecule has 3 nitrogen and oxygen atoms in total. The second-order valence-corrected chi connectivity index (χ2v) is 5.52. The Morgan fingerprint density at radius 2 is 1.67 bits per heavy atom. The summed E-state index contributed by atoms with van der Waals surface area (Å²) in [5.74, 6) is 0.792. The molecule has 21 heavy (non-hydrogen) atoms. The number of benzene rings is 2. The van der Waals surface area contributed by atoms with Crippen molar-refractivity contribution in [3.05, 3.63) is 54.1 Å². The lowest BCUT2D eigenvalue weighted by Gasteiger charge is -2.16. The third-order valence-corrected chi connectivity index (χ3v) is 3.01. The molecule has 2 aromatic rings. The van der Waals surface area contributed by atoms with Crippen LogP contribution in [0.15, 0.2) is 48.5 Å². The maximum atomic E-state index is 5.76. The molecule has 0 atom stereocenters. The zero-order valence-corrected chi connectivity index (χ0v) is 13.3. The molecule has 4 heteroatoms. The summed E-state index contributed by atoms with van der Waals surface area (Å²) in [6.45, 7) is 6.05. The van der Waals surface area contributed by atoms with E-state index in [9.17, 15) is 0 Å². The van der Waals surface area contributed by atoms with E-state index >= 15 is 0 Å². The van der Waals surface area contributed by atoms with Crippen LogP contribution in [-0.4, -0.2) is 11.2 Å². The first-order valence-electron chi connectivity index (χ1n) is 6.95. The number of thiocarbonyl (C=S) groups is 1. The van der Waals surface area contributed by atoms with Crippen molar-refractivity contribution in [2.45, 2.75) is 26.9 Å². The van der Waals surface area contributed by atoms with E-state index in [2.05, 4.69) is 17.6 Å². The summed E-state index contributed by atoms with van der Waals surface area (Å²) >= 11 is 5.35. The highest BCUT2D eigenvalue weighted by Gasteiger charge is 2.06. The average Bonchev–Trinajstić information content (AvgIpc) is 2.43. The van der Waals surface area contributed by atoms with E-state index < -0.39 is 0 Å². The average molecular weight is 300 g/mol. The summed E-state index contributed by atoms with van der Waals surface area (Å²) in [4.78, 5) is 0. The predicted molar refractivity (Wildman–Crippen MR) is 93.2 cm³/mol. The number of anilines is 2. The summed E-state index contributed by atoms with van der Waals surface area (Å²) in [6.07, 6.45) is 0.117. The van der Waals surface area contributed by atoms with Gasteiger partial charge in [0.05, 0.1) is 11.8 Å². The Kier molecular flexibility index (Phi) is 5.17. The van der Waals surface area contributed by atoms with Gasteiger partial charge in [-0.15, -0.1) is 0 Å². The van der Waals surface area contributed by atoms with Crippen molar-refractivity contribution in [3.63, 3.8) is 0 Å². The van der Waals surface area contributed by atoms with Crippen molar-refractivity contribution in [3.8, 4) is 5.75 Å². The lowest BCUT2D eigenvalue weighted by molar-refractivity contribution is 0.244. The van der Waals surface area contributed by atoms with E-state index in [1.54, 1.807) is 0 Å². The summed E-state index contributed by atoms with van der Waals surface area (Å²) in [7, 11) is 0. The number of ether oxygens (including phenoxy) is 1. The number of nitrogens with one attached hydrogen (secondary N) is 2. The molecule has 0 saturated heterocycles. The Hall–Kier alpha value is -2.07. The van der Waals surface area contributed by atoms with Gasteiger partial charge >= 0.3 is 0 Å². The number of hydrogen-bond acceptors (Lipinski definition) is 2. The van der Waals surface area contributed by atoms with Gasteiger partial charge in [-0.2, -0.15) is 0 Å². The third kappa shape index (κ3) is 4.76. The molecular weight excluding hydrogens is 280 g/mol. The van der Waals surface area contributed by atoms with Gasteiger partial charge in [-0.1, -0.05) is 29.8 Å². The number of para-hydroxylation sites is 2. The Morgan fingerprint density at radius 3 is 2.33 bits per heavy atom. The van der Waals surface area contributed by atoms with Crippen molar-refractivity contribution in [1.82, 2.24) is 0 Å². The molecule has 0 bridgehead atoms. The van der Waals surface area contributed by atoms with Crippen molar-refractivity contribution in [2.75, 3.05) is 10.6 Å². The van der Waals surface area contributed by atoms with E-state index in [-0.39, 0.29) is 6.10 Å². The molecule has 0 amide bonds. The zero-order valence-electron chi connectivity index (χ0n) is 12.5. The predicted octanol–water partition coefficient (Wildman–Crippen LogP) is 4.59. The van der Waals surface area contributed by atoms with Crippen molar-refractivity contribution in [1.29, 1.82) is 0 Å². The van der Waals surface area contributed by atoms with Gasteiger partial charge in [-0.05, 0) is 57.3 Å². The molecule has 0 aliphatic heterocycles. The largest absolute Gasteiger partial charge is 0.489 e. The maximum absolute atomic E-state index is 5.76. The molecule has 0 radical (unpaired) electrons. The van der Waals surface area contributed by atoms with E-state index in [0.29, 0.717) is 5.11 Å². The van der Waals surface area contributed by atoms with Gasteiger partial charge in [-0.25, -0.2) is 0 Å². The van der Waals surface area contributed by atoms with Crippen LogP contribution in [0.1, 0.15) is 19.4 Å². The first-order valence-corrected chi connectivity index (χ1v) is 7.36. The lowest BCUT2D eigenvalue weighted by atomic mass is 10.2. The normalized spacial score (nSPS) is 10.3. The van der Waals surface area contributed by atoms with Crippen LogP contribution in [0.3, 0.4) is 0 Å². The monoisotopic (exact) mass is 300 g/mol. The molecule has 0 spiro atoms. The maximum Gasteiger partial charge on any atom is 0.175 e. The standard InChI is InChI=1S/C17H20N2OS/c1-12(2)20-16-7-5-4-6-15(16)19-17(21)18-14-10-8-13(3)9-11-14/h4-12H,1-3H3,(H2,18,19,21). The Balaban J connectivity index is 2.04. The van der Waals surface area contributed by atoms with Crippen LogP contribution in [0.25, 0.3) is 0 Å². The number of rotatable bonds is 4. The molecule has 110 valence electrons. The van der Waals surface area contributed by atoms with Gasteiger partial charge < -0.3 is 15.4 Å². The Labute approximate surface area is 131 Å². The van der Waals surface area contributed by atoms with E-state index in [4.69, 9.17) is 17.0 Å². The molecule has 2 aromatic carbocycles. The van der Waals surface area contributed by atoms with Gasteiger partial charge in [-0.3, -0.25) is 0 Å². The first-order chi connectivity index (χ1) is 10.0. The van der Waals surface area contributed by atoms with E-state index in [1.165, 1.54) is 5.56 Å². The zero-order chi connectivity index (χ0) is 15.2. The van der Waals surface area contributed by atoms with Crippen LogP contribution < -0.4 is 15.4 Å². The second kappa shape index (κ2) is 7.09. The van der Waals surface area contributed by atoms with Gasteiger partial charge in [0, 0.05) is 5.69 Å². The highest BCUT2D eigenvalue weighted by molar-refractivity contribution is 7.80. The minimum Gasteiger partial charge on any atom is -0.489 e.